The summed E-state index contributed by atoms with van der Waals surface area (Å²) in [6.45, 7) is 4.71. The summed E-state index contributed by atoms with van der Waals surface area (Å²) in [5.41, 5.74) is 3.33. The molecule has 1 aromatic rings. The summed E-state index contributed by atoms with van der Waals surface area (Å²) >= 11 is 0. The van der Waals surface area contributed by atoms with Gasteiger partial charge in [-0.1, -0.05) is 68.5 Å². The average molecular weight is 419 g/mol. The predicted molar refractivity (Wildman–Crippen MR) is 122 cm³/mol. The van der Waals surface area contributed by atoms with E-state index in [0.29, 0.717) is 24.9 Å². The van der Waals surface area contributed by atoms with Gasteiger partial charge in [0.2, 0.25) is 0 Å². The number of allylic oxidation sites excluding steroid dienone is 6. The zero-order valence-corrected chi connectivity index (χ0v) is 18.2. The lowest BCUT2D eigenvalue weighted by molar-refractivity contribution is -0.143. The van der Waals surface area contributed by atoms with E-state index in [-0.39, 0.29) is 12.7 Å². The van der Waals surface area contributed by atoms with Crippen LogP contribution < -0.4 is 10.4 Å². The van der Waals surface area contributed by atoms with E-state index >= 15 is 0 Å². The second-order valence-electron chi connectivity index (χ2n) is 8.66. The molecule has 0 saturated heterocycles. The molecule has 0 spiro atoms. The van der Waals surface area contributed by atoms with E-state index in [4.69, 9.17) is 9.47 Å². The molecule has 4 rings (SSSR count). The molecule has 0 bridgehead atoms. The highest BCUT2D eigenvalue weighted by molar-refractivity contribution is 5.80. The van der Waals surface area contributed by atoms with Crippen molar-refractivity contribution in [1.29, 1.82) is 0 Å². The second kappa shape index (κ2) is 9.52. The van der Waals surface area contributed by atoms with Crippen molar-refractivity contribution in [3.05, 3.63) is 82.0 Å². The summed E-state index contributed by atoms with van der Waals surface area (Å²) in [5.74, 6) is 0.754. The molecule has 0 saturated carbocycles. The smallest absolute Gasteiger partial charge is 0.329 e. The van der Waals surface area contributed by atoms with Gasteiger partial charge in [0, 0.05) is 17.1 Å². The molecule has 1 aromatic carbocycles. The number of fused-ring (bicyclic) bond motifs is 2. The highest BCUT2D eigenvalue weighted by Crippen LogP contribution is 2.41. The van der Waals surface area contributed by atoms with Crippen LogP contribution in [-0.4, -0.2) is 30.4 Å². The molecule has 2 atom stereocenters. The van der Waals surface area contributed by atoms with Crippen molar-refractivity contribution >= 4 is 17.6 Å². The van der Waals surface area contributed by atoms with Crippen molar-refractivity contribution in [3.8, 4) is 0 Å². The normalized spacial score (nSPS) is 22.0. The Morgan fingerprint density at radius 2 is 2.06 bits per heavy atom. The second-order valence-corrected chi connectivity index (χ2v) is 8.66. The SMILES string of the molecule is CC(C)CCOC1=C(C2=c3ccccc3=CCC2OCC(=O)O)C2=CC=CCC2C=C1. The van der Waals surface area contributed by atoms with Gasteiger partial charge in [0.15, 0.2) is 0 Å². The molecule has 0 amide bonds. The minimum absolute atomic E-state index is 0.295. The average Bonchev–Trinajstić information content (AvgIpc) is 2.77. The third-order valence-corrected chi connectivity index (χ3v) is 5.97. The Hall–Kier alpha value is -2.85. The van der Waals surface area contributed by atoms with Crippen LogP contribution in [-0.2, 0) is 14.3 Å². The first-order chi connectivity index (χ1) is 15.0. The molecule has 2 unspecified atom stereocenters. The number of ether oxygens (including phenoxy) is 2. The van der Waals surface area contributed by atoms with Gasteiger partial charge in [-0.25, -0.2) is 4.79 Å². The molecule has 0 fully saturated rings. The van der Waals surface area contributed by atoms with Gasteiger partial charge in [-0.3, -0.25) is 0 Å². The first-order valence-electron chi connectivity index (χ1n) is 11.1. The quantitative estimate of drug-likeness (QED) is 0.696. The molecule has 0 aliphatic heterocycles. The summed E-state index contributed by atoms with van der Waals surface area (Å²) in [7, 11) is 0. The molecule has 3 aliphatic carbocycles. The number of aliphatic carboxylic acids is 1. The lowest BCUT2D eigenvalue weighted by Crippen LogP contribution is -2.38. The van der Waals surface area contributed by atoms with Gasteiger partial charge in [0.25, 0.3) is 0 Å². The summed E-state index contributed by atoms with van der Waals surface area (Å²) in [4.78, 5) is 11.3. The largest absolute Gasteiger partial charge is 0.493 e. The Bertz CT molecular complexity index is 1080. The van der Waals surface area contributed by atoms with Crippen LogP contribution >= 0.6 is 0 Å². The molecule has 4 heteroatoms. The van der Waals surface area contributed by atoms with E-state index < -0.39 is 5.97 Å². The fourth-order valence-electron chi connectivity index (χ4n) is 4.41. The van der Waals surface area contributed by atoms with Crippen molar-refractivity contribution in [2.24, 2.45) is 11.8 Å². The number of rotatable bonds is 8. The predicted octanol–water partition coefficient (Wildman–Crippen LogP) is 3.88. The van der Waals surface area contributed by atoms with Crippen LogP contribution in [0.2, 0.25) is 0 Å². The minimum Gasteiger partial charge on any atom is -0.493 e. The van der Waals surface area contributed by atoms with Gasteiger partial charge < -0.3 is 14.6 Å². The first-order valence-corrected chi connectivity index (χ1v) is 11.1. The van der Waals surface area contributed by atoms with Crippen LogP contribution in [0.3, 0.4) is 0 Å². The first kappa shape index (κ1) is 21.4. The van der Waals surface area contributed by atoms with Crippen LogP contribution in [0.1, 0.15) is 33.1 Å². The van der Waals surface area contributed by atoms with Crippen molar-refractivity contribution < 1.29 is 19.4 Å². The van der Waals surface area contributed by atoms with E-state index in [0.717, 1.165) is 40.2 Å². The van der Waals surface area contributed by atoms with Crippen molar-refractivity contribution in [2.45, 2.75) is 39.2 Å². The molecule has 0 heterocycles. The van der Waals surface area contributed by atoms with Crippen molar-refractivity contribution in [1.82, 2.24) is 0 Å². The molecule has 0 radical (unpaired) electrons. The number of carboxylic acid groups (broad SMARTS) is 1. The van der Waals surface area contributed by atoms with Gasteiger partial charge in [0.05, 0.1) is 12.7 Å². The van der Waals surface area contributed by atoms with Crippen LogP contribution in [0.15, 0.2) is 71.6 Å². The summed E-state index contributed by atoms with van der Waals surface area (Å²) in [6.07, 6.45) is 15.1. The molecule has 1 N–H and O–H groups in total. The highest BCUT2D eigenvalue weighted by atomic mass is 16.5. The number of hydrogen-bond donors (Lipinski definition) is 1. The van der Waals surface area contributed by atoms with E-state index in [9.17, 15) is 9.90 Å². The zero-order valence-electron chi connectivity index (χ0n) is 18.2. The minimum atomic E-state index is -0.957. The van der Waals surface area contributed by atoms with Gasteiger partial charge in [-0.2, -0.15) is 0 Å². The van der Waals surface area contributed by atoms with Gasteiger partial charge >= 0.3 is 5.97 Å². The molecule has 31 heavy (non-hydrogen) atoms. The maximum absolute atomic E-state index is 11.3. The Balaban J connectivity index is 1.88. The Morgan fingerprint density at radius 1 is 1.23 bits per heavy atom. The van der Waals surface area contributed by atoms with Crippen molar-refractivity contribution in [3.63, 3.8) is 0 Å². The van der Waals surface area contributed by atoms with Gasteiger partial charge in [0.1, 0.15) is 12.4 Å². The van der Waals surface area contributed by atoms with Crippen LogP contribution in [0.4, 0.5) is 0 Å². The van der Waals surface area contributed by atoms with Crippen LogP contribution in [0.25, 0.3) is 11.6 Å². The maximum atomic E-state index is 11.3. The number of carbonyl (C=O) groups is 1. The van der Waals surface area contributed by atoms with E-state index in [2.05, 4.69) is 62.4 Å². The summed E-state index contributed by atoms with van der Waals surface area (Å²) < 4.78 is 12.2. The summed E-state index contributed by atoms with van der Waals surface area (Å²) in [6, 6.07) is 8.26. The maximum Gasteiger partial charge on any atom is 0.329 e. The number of carboxylic acids is 1. The van der Waals surface area contributed by atoms with Gasteiger partial charge in [-0.05, 0) is 47.3 Å². The zero-order chi connectivity index (χ0) is 21.8. The lowest BCUT2D eigenvalue weighted by atomic mass is 9.76. The van der Waals surface area contributed by atoms with Crippen LogP contribution in [0, 0.1) is 11.8 Å². The molecular formula is C27H30O4. The van der Waals surface area contributed by atoms with E-state index in [1.54, 1.807) is 0 Å². The fourth-order valence-corrected chi connectivity index (χ4v) is 4.41. The molecule has 162 valence electrons. The van der Waals surface area contributed by atoms with Crippen LogP contribution in [0.5, 0.6) is 0 Å². The Labute approximate surface area is 183 Å². The van der Waals surface area contributed by atoms with E-state index in [1.807, 2.05) is 12.1 Å². The van der Waals surface area contributed by atoms with Gasteiger partial charge in [-0.15, -0.1) is 0 Å². The number of benzene rings is 1. The monoisotopic (exact) mass is 418 g/mol. The molecular weight excluding hydrogens is 388 g/mol. The summed E-state index contributed by atoms with van der Waals surface area (Å²) in [5, 5.41) is 11.5. The number of hydrogen-bond acceptors (Lipinski definition) is 3. The Morgan fingerprint density at radius 3 is 2.87 bits per heavy atom. The third kappa shape index (κ3) is 4.75. The molecule has 3 aliphatic rings. The molecule has 0 aromatic heterocycles. The standard InChI is InChI=1S/C27H30O4/c1-18(2)15-16-30-23-13-11-19-7-3-5-9-21(19)26(23)27-22-10-6-4-8-20(22)12-14-24(27)31-17-25(28)29/h3-6,8-13,18-19,24H,7,14-17H2,1-2H3,(H,28,29). The fraction of sp³-hybridized carbons (Fsp3) is 0.370. The Kier molecular flexibility index (Phi) is 6.57. The lowest BCUT2D eigenvalue weighted by Gasteiger charge is -2.32. The van der Waals surface area contributed by atoms with E-state index in [1.165, 1.54) is 5.57 Å². The third-order valence-electron chi connectivity index (χ3n) is 5.97. The molecule has 4 nitrogen and oxygen atoms in total. The van der Waals surface area contributed by atoms with Crippen molar-refractivity contribution in [2.75, 3.05) is 13.2 Å². The highest BCUT2D eigenvalue weighted by Gasteiger charge is 2.32. The topological polar surface area (TPSA) is 55.8 Å².